The van der Waals surface area contributed by atoms with E-state index in [0.717, 1.165) is 50.6 Å². The maximum atomic E-state index is 10.5. The molecule has 2 aliphatic rings. The Labute approximate surface area is 251 Å². The second-order valence-corrected chi connectivity index (χ2v) is 11.3. The van der Waals surface area contributed by atoms with Crippen molar-refractivity contribution in [2.75, 3.05) is 39.3 Å². The SMILES string of the molecule is C=CN=C1/C(=C(\C)N2CCN(C(=C)C(CNC(C)(C)CO)c3ccc(CC)c(C)c3)CC2)C(C)C[C@H]1O.CC.CC. The fourth-order valence-electron chi connectivity index (χ4n) is 5.71. The van der Waals surface area contributed by atoms with E-state index in [1.165, 1.54) is 34.2 Å². The molecule has 1 aromatic rings. The number of aryl methyl sites for hydroxylation is 2. The number of aliphatic hydroxyl groups excluding tert-OH is 2. The molecule has 1 aliphatic heterocycles. The summed E-state index contributed by atoms with van der Waals surface area (Å²) in [5.74, 6) is 0.402. The van der Waals surface area contributed by atoms with Gasteiger partial charge < -0.3 is 25.3 Å². The quantitative estimate of drug-likeness (QED) is 0.303. The molecule has 2 unspecified atom stereocenters. The number of hydrogen-bond acceptors (Lipinski definition) is 6. The minimum atomic E-state index is -0.516. The molecular weight excluding hydrogens is 508 g/mol. The number of nitrogens with zero attached hydrogens (tertiary/aromatic N) is 3. The van der Waals surface area contributed by atoms with Crippen LogP contribution in [-0.2, 0) is 6.42 Å². The van der Waals surface area contributed by atoms with Gasteiger partial charge in [-0.3, -0.25) is 4.99 Å². The first-order valence-electron chi connectivity index (χ1n) is 15.7. The van der Waals surface area contributed by atoms with E-state index in [9.17, 15) is 10.2 Å². The van der Waals surface area contributed by atoms with Gasteiger partial charge in [-0.25, -0.2) is 0 Å². The van der Waals surface area contributed by atoms with Gasteiger partial charge in [0.05, 0.1) is 18.4 Å². The number of hydrogen-bond donors (Lipinski definition) is 3. The lowest BCUT2D eigenvalue weighted by Crippen LogP contribution is -2.48. The predicted molar refractivity (Wildman–Crippen MR) is 178 cm³/mol. The highest BCUT2D eigenvalue weighted by Crippen LogP contribution is 2.34. The lowest BCUT2D eigenvalue weighted by Gasteiger charge is -2.42. The summed E-state index contributed by atoms with van der Waals surface area (Å²) in [6.45, 7) is 33.5. The van der Waals surface area contributed by atoms with Crippen LogP contribution in [-0.4, -0.2) is 76.7 Å². The first-order chi connectivity index (χ1) is 19.5. The molecule has 0 spiro atoms. The molecule has 1 saturated heterocycles. The van der Waals surface area contributed by atoms with E-state index >= 15 is 0 Å². The Balaban J connectivity index is 0.00000201. The normalized spacial score (nSPS) is 21.9. The van der Waals surface area contributed by atoms with Crippen LogP contribution in [0, 0.1) is 12.8 Å². The molecule has 1 saturated carbocycles. The highest BCUT2D eigenvalue weighted by molar-refractivity contribution is 6.06. The van der Waals surface area contributed by atoms with Crippen LogP contribution in [0.5, 0.6) is 0 Å². The number of allylic oxidation sites excluding steroid dienone is 1. The number of nitrogens with one attached hydrogen (secondary N) is 1. The largest absolute Gasteiger partial charge is 0.394 e. The Morgan fingerprint density at radius 3 is 2.24 bits per heavy atom. The van der Waals surface area contributed by atoms with Gasteiger partial charge in [-0.2, -0.15) is 0 Å². The smallest absolute Gasteiger partial charge is 0.0969 e. The zero-order valence-corrected chi connectivity index (χ0v) is 27.8. The molecule has 3 rings (SSSR count). The summed E-state index contributed by atoms with van der Waals surface area (Å²) in [5.41, 5.74) is 7.87. The van der Waals surface area contributed by atoms with Crippen LogP contribution in [0.1, 0.15) is 91.3 Å². The maximum Gasteiger partial charge on any atom is 0.0969 e. The second kappa shape index (κ2) is 17.5. The van der Waals surface area contributed by atoms with Crippen molar-refractivity contribution in [3.63, 3.8) is 0 Å². The average Bonchev–Trinajstić information content (AvgIpc) is 3.27. The van der Waals surface area contributed by atoms with Gasteiger partial charge in [-0.05, 0) is 68.7 Å². The van der Waals surface area contributed by atoms with Crippen LogP contribution in [0.15, 0.2) is 59.5 Å². The van der Waals surface area contributed by atoms with E-state index in [1.54, 1.807) is 0 Å². The summed E-state index contributed by atoms with van der Waals surface area (Å²) < 4.78 is 0. The number of benzene rings is 1. The van der Waals surface area contributed by atoms with Crippen LogP contribution in [0.25, 0.3) is 0 Å². The van der Waals surface area contributed by atoms with Crippen molar-refractivity contribution in [3.05, 3.63) is 71.2 Å². The molecule has 2 fully saturated rings. The van der Waals surface area contributed by atoms with Crippen molar-refractivity contribution in [2.24, 2.45) is 10.9 Å². The molecule has 1 aliphatic carbocycles. The number of rotatable bonds is 10. The van der Waals surface area contributed by atoms with E-state index < -0.39 is 6.10 Å². The molecule has 3 N–H and O–H groups in total. The Morgan fingerprint density at radius 1 is 1.15 bits per heavy atom. The molecule has 0 radical (unpaired) electrons. The van der Waals surface area contributed by atoms with Gasteiger partial charge >= 0.3 is 0 Å². The zero-order chi connectivity index (χ0) is 31.3. The summed E-state index contributed by atoms with van der Waals surface area (Å²) in [5, 5.41) is 23.9. The summed E-state index contributed by atoms with van der Waals surface area (Å²) in [4.78, 5) is 9.26. The third kappa shape index (κ3) is 9.56. The van der Waals surface area contributed by atoms with E-state index in [0.29, 0.717) is 6.42 Å². The lowest BCUT2D eigenvalue weighted by atomic mass is 9.90. The molecule has 41 heavy (non-hydrogen) atoms. The average molecular weight is 569 g/mol. The maximum absolute atomic E-state index is 10.5. The molecule has 0 bridgehead atoms. The van der Waals surface area contributed by atoms with E-state index in [4.69, 9.17) is 0 Å². The van der Waals surface area contributed by atoms with Crippen molar-refractivity contribution in [1.29, 1.82) is 0 Å². The van der Waals surface area contributed by atoms with Crippen molar-refractivity contribution >= 4 is 5.71 Å². The Morgan fingerprint density at radius 2 is 1.73 bits per heavy atom. The van der Waals surface area contributed by atoms with Crippen LogP contribution in [0.3, 0.4) is 0 Å². The van der Waals surface area contributed by atoms with Gasteiger partial charge in [-0.15, -0.1) is 0 Å². The van der Waals surface area contributed by atoms with Crippen LogP contribution < -0.4 is 5.32 Å². The van der Waals surface area contributed by atoms with Gasteiger partial charge in [0.25, 0.3) is 0 Å². The van der Waals surface area contributed by atoms with Gasteiger partial charge in [0.15, 0.2) is 0 Å². The monoisotopic (exact) mass is 568 g/mol. The van der Waals surface area contributed by atoms with Gasteiger partial charge in [0.1, 0.15) is 0 Å². The first-order valence-corrected chi connectivity index (χ1v) is 15.7. The molecule has 6 nitrogen and oxygen atoms in total. The first kappa shape index (κ1) is 36.6. The van der Waals surface area contributed by atoms with Crippen LogP contribution in [0.2, 0.25) is 0 Å². The fraction of sp³-hybridized carbons (Fsp3) is 0.629. The minimum Gasteiger partial charge on any atom is -0.394 e. The third-order valence-electron chi connectivity index (χ3n) is 8.17. The molecule has 1 aromatic carbocycles. The number of aliphatic hydroxyl groups is 2. The molecule has 0 amide bonds. The molecule has 6 heteroatoms. The molecule has 232 valence electrons. The Kier molecular flexibility index (Phi) is 15.7. The standard InChI is InChI=1S/C31H48N4O2.2C2H6/c1-9-25-11-12-26(17-21(25)3)27(19-33-31(7,8)20-36)23(5)34-13-15-35(16-14-34)24(6)29-22(4)18-28(37)30(29)32-10-2;2*1-2/h10-12,17,22,27-28,33,36-37H,2,5,9,13-16,18-20H2,1,3-4,6-8H3;2*1-2H3/b29-24+,32-30?;;/t22?,27?,28-;;/m1../s1. The van der Waals surface area contributed by atoms with Crippen molar-refractivity contribution in [1.82, 2.24) is 15.1 Å². The highest BCUT2D eigenvalue weighted by Gasteiger charge is 2.35. The van der Waals surface area contributed by atoms with Crippen LogP contribution >= 0.6 is 0 Å². The molecule has 0 aromatic heterocycles. The van der Waals surface area contributed by atoms with Crippen LogP contribution in [0.4, 0.5) is 0 Å². The predicted octanol–water partition coefficient (Wildman–Crippen LogP) is 6.44. The summed E-state index contributed by atoms with van der Waals surface area (Å²) in [6, 6.07) is 6.79. The van der Waals surface area contributed by atoms with Crippen molar-refractivity contribution in [2.45, 2.75) is 99.6 Å². The molecule has 1 heterocycles. The second-order valence-electron chi connectivity index (χ2n) is 11.3. The summed E-state index contributed by atoms with van der Waals surface area (Å²) in [6.07, 6.45) is 2.76. The fourth-order valence-corrected chi connectivity index (χ4v) is 5.71. The van der Waals surface area contributed by atoms with Crippen molar-refractivity contribution in [3.8, 4) is 0 Å². The molecular formula is C35H60N4O2. The molecule has 3 atom stereocenters. The van der Waals surface area contributed by atoms with Crippen molar-refractivity contribution < 1.29 is 10.2 Å². The zero-order valence-electron chi connectivity index (χ0n) is 27.8. The minimum absolute atomic E-state index is 0.0802. The van der Waals surface area contributed by atoms with Gasteiger partial charge in [0, 0.05) is 61.8 Å². The highest BCUT2D eigenvalue weighted by atomic mass is 16.3. The van der Waals surface area contributed by atoms with Gasteiger partial charge in [0.2, 0.25) is 0 Å². The summed E-state index contributed by atoms with van der Waals surface area (Å²) >= 11 is 0. The van der Waals surface area contributed by atoms with E-state index in [1.807, 2.05) is 41.5 Å². The Hall–Kier alpha value is -2.41. The van der Waals surface area contributed by atoms with E-state index in [2.05, 4.69) is 79.2 Å². The van der Waals surface area contributed by atoms with Gasteiger partial charge in [-0.1, -0.05) is 72.9 Å². The van der Waals surface area contributed by atoms with E-state index in [-0.39, 0.29) is 24.0 Å². The lowest BCUT2D eigenvalue weighted by molar-refractivity contribution is 0.173. The number of aliphatic imine (C=N–C) groups is 1. The number of piperazine rings is 1. The topological polar surface area (TPSA) is 71.3 Å². The summed E-state index contributed by atoms with van der Waals surface area (Å²) in [7, 11) is 0. The third-order valence-corrected chi connectivity index (χ3v) is 8.17. The Bertz CT molecular complexity index is 1030.